The van der Waals surface area contributed by atoms with Crippen molar-refractivity contribution in [3.05, 3.63) is 38.4 Å². The van der Waals surface area contributed by atoms with Crippen LogP contribution < -0.4 is 5.73 Å². The zero-order valence-corrected chi connectivity index (χ0v) is 9.24. The molecule has 0 aliphatic carbocycles. The molecule has 0 amide bonds. The largest absolute Gasteiger partial charge is 0.480 e. The maximum Gasteiger partial charge on any atom is 0.320 e. The maximum absolute atomic E-state index is 10.3. The molecule has 0 aliphatic heterocycles. The second kappa shape index (κ2) is 10.2. The first-order chi connectivity index (χ1) is 8.66. The van der Waals surface area contributed by atoms with Crippen molar-refractivity contribution in [1.82, 2.24) is 9.97 Å². The van der Waals surface area contributed by atoms with Gasteiger partial charge in [-0.05, 0) is 0 Å². The number of imidazole rings is 1. The Morgan fingerprint density at radius 2 is 1.84 bits per heavy atom. The fraction of sp³-hybridized carbons (Fsp3) is 0.333. The predicted molar refractivity (Wildman–Crippen MR) is 55.5 cm³/mol. The van der Waals surface area contributed by atoms with Gasteiger partial charge in [-0.2, -0.15) is 0 Å². The van der Waals surface area contributed by atoms with E-state index in [9.17, 15) is 4.79 Å². The third-order valence-electron chi connectivity index (χ3n) is 1.31. The van der Waals surface area contributed by atoms with Crippen LogP contribution in [-0.4, -0.2) is 47.7 Å². The highest BCUT2D eigenvalue weighted by Gasteiger charge is 2.11. The van der Waals surface area contributed by atoms with Crippen LogP contribution in [0.2, 0.25) is 0 Å². The van der Waals surface area contributed by atoms with Crippen LogP contribution in [0.4, 0.5) is 0 Å². The van der Waals surface area contributed by atoms with E-state index in [4.69, 9.17) is 41.5 Å². The van der Waals surface area contributed by atoms with Crippen LogP contribution in [0.25, 0.3) is 0 Å². The molecule has 1 aromatic heterocycles. The zero-order chi connectivity index (χ0) is 15.4. The highest BCUT2D eigenvalue weighted by Crippen LogP contribution is 1.95. The molecule has 0 unspecified atom stereocenters. The van der Waals surface area contributed by atoms with Crippen molar-refractivity contribution in [3.8, 4) is 0 Å². The molecular weight excluding hydrogens is 270 g/mol. The lowest BCUT2D eigenvalue weighted by atomic mass is 10.2. The average molecular weight is 281 g/mol. The molecule has 13 nitrogen and oxygen atoms in total. The third-order valence-corrected chi connectivity index (χ3v) is 1.31. The van der Waals surface area contributed by atoms with E-state index in [1.165, 1.54) is 6.33 Å². The van der Waals surface area contributed by atoms with Gasteiger partial charge in [0.2, 0.25) is 0 Å². The van der Waals surface area contributed by atoms with Crippen molar-refractivity contribution in [2.45, 2.75) is 12.5 Å². The van der Waals surface area contributed by atoms with Gasteiger partial charge in [-0.15, -0.1) is 20.2 Å². The van der Waals surface area contributed by atoms with E-state index in [1.54, 1.807) is 6.20 Å². The normalized spacial score (nSPS) is 9.95. The summed E-state index contributed by atoms with van der Waals surface area (Å²) in [5, 5.41) is 35.7. The molecule has 0 aliphatic rings. The number of nitrogens with one attached hydrogen (secondary N) is 1. The van der Waals surface area contributed by atoms with Gasteiger partial charge in [-0.3, -0.25) is 4.79 Å². The maximum atomic E-state index is 10.3. The second-order valence-corrected chi connectivity index (χ2v) is 2.70. The summed E-state index contributed by atoms with van der Waals surface area (Å²) in [6.45, 7) is 0. The summed E-state index contributed by atoms with van der Waals surface area (Å²) in [5.41, 5.74) is 6.00. The van der Waals surface area contributed by atoms with E-state index in [-0.39, 0.29) is 6.42 Å². The lowest BCUT2D eigenvalue weighted by molar-refractivity contribution is -0.742. The Labute approximate surface area is 104 Å². The zero-order valence-electron chi connectivity index (χ0n) is 9.24. The van der Waals surface area contributed by atoms with Crippen molar-refractivity contribution < 1.29 is 30.5 Å². The van der Waals surface area contributed by atoms with Gasteiger partial charge in [0.25, 0.3) is 10.2 Å². The number of carboxylic acids is 1. The molecule has 108 valence electrons. The van der Waals surface area contributed by atoms with Crippen LogP contribution >= 0.6 is 0 Å². The monoisotopic (exact) mass is 281 g/mol. The van der Waals surface area contributed by atoms with E-state index in [2.05, 4.69) is 9.97 Å². The molecular formula is C6H11N5O8. The number of aromatic nitrogens is 2. The van der Waals surface area contributed by atoms with E-state index in [0.717, 1.165) is 5.69 Å². The number of rotatable bonds is 3. The Bertz CT molecular complexity index is 372. The van der Waals surface area contributed by atoms with Gasteiger partial charge in [-0.25, -0.2) is 4.98 Å². The molecule has 1 aromatic rings. The SMILES string of the molecule is N[C@@H](Cc1cnc[nH]1)C(=O)O.O=[N+]([O-])O.O=[N+]([O-])O. The molecule has 6 N–H and O–H groups in total. The molecule has 13 heteroatoms. The van der Waals surface area contributed by atoms with Gasteiger partial charge < -0.3 is 26.2 Å². The summed E-state index contributed by atoms with van der Waals surface area (Å²) >= 11 is 0. The molecule has 0 fully saturated rings. The van der Waals surface area contributed by atoms with E-state index in [0.29, 0.717) is 0 Å². The summed E-state index contributed by atoms with van der Waals surface area (Å²) < 4.78 is 0. The van der Waals surface area contributed by atoms with Crippen LogP contribution in [0.3, 0.4) is 0 Å². The topological polar surface area (TPSA) is 219 Å². The molecule has 19 heavy (non-hydrogen) atoms. The van der Waals surface area contributed by atoms with Gasteiger partial charge in [0.1, 0.15) is 6.04 Å². The molecule has 1 rings (SSSR count). The summed E-state index contributed by atoms with van der Waals surface area (Å²) in [5.74, 6) is -1.00. The van der Waals surface area contributed by atoms with Crippen molar-refractivity contribution in [2.24, 2.45) is 5.73 Å². The summed E-state index contributed by atoms with van der Waals surface area (Å²) in [7, 11) is 0. The van der Waals surface area contributed by atoms with Crippen LogP contribution in [0.15, 0.2) is 12.5 Å². The van der Waals surface area contributed by atoms with Crippen molar-refractivity contribution in [1.29, 1.82) is 0 Å². The fourth-order valence-corrected chi connectivity index (χ4v) is 0.721. The second-order valence-electron chi connectivity index (χ2n) is 2.70. The van der Waals surface area contributed by atoms with Crippen molar-refractivity contribution in [3.63, 3.8) is 0 Å². The quantitative estimate of drug-likeness (QED) is 0.324. The smallest absolute Gasteiger partial charge is 0.320 e. The molecule has 1 atom stereocenters. The first-order valence-corrected chi connectivity index (χ1v) is 4.29. The molecule has 0 spiro atoms. The summed E-state index contributed by atoms with van der Waals surface area (Å²) in [6.07, 6.45) is 3.34. The molecule has 1 heterocycles. The lowest BCUT2D eigenvalue weighted by Crippen LogP contribution is -2.32. The number of carboxylic acid groups (broad SMARTS) is 1. The number of hydrogen-bond donors (Lipinski definition) is 5. The van der Waals surface area contributed by atoms with Crippen LogP contribution in [0, 0.1) is 20.2 Å². The lowest BCUT2D eigenvalue weighted by Gasteiger charge is -2.02. The fourth-order valence-electron chi connectivity index (χ4n) is 0.721. The van der Waals surface area contributed by atoms with Crippen molar-refractivity contribution >= 4 is 5.97 Å². The van der Waals surface area contributed by atoms with Gasteiger partial charge in [0, 0.05) is 18.3 Å². The number of nitrogens with zero attached hydrogens (tertiary/aromatic N) is 3. The van der Waals surface area contributed by atoms with Crippen LogP contribution in [0.1, 0.15) is 5.69 Å². The van der Waals surface area contributed by atoms with E-state index >= 15 is 0 Å². The standard InChI is InChI=1S/C6H9N3O2.2HNO3/c7-5(6(10)11)1-4-2-8-3-9-4;2*2-1(3)4/h2-3,5H,1,7H2,(H,8,9)(H,10,11);2*(H,2,3,4)/t5-;;/m0../s1. The summed E-state index contributed by atoms with van der Waals surface area (Å²) in [6, 6.07) is -0.851. The minimum atomic E-state index is -1.50. The molecule has 0 saturated carbocycles. The number of carbonyl (C=O) groups is 1. The third kappa shape index (κ3) is 17.6. The molecule has 0 saturated heterocycles. The van der Waals surface area contributed by atoms with Gasteiger partial charge in [-0.1, -0.05) is 0 Å². The van der Waals surface area contributed by atoms with Crippen molar-refractivity contribution in [2.75, 3.05) is 0 Å². The van der Waals surface area contributed by atoms with Gasteiger partial charge >= 0.3 is 5.97 Å². The number of aromatic amines is 1. The highest BCUT2D eigenvalue weighted by molar-refractivity contribution is 5.73. The van der Waals surface area contributed by atoms with E-state index in [1.807, 2.05) is 0 Å². The van der Waals surface area contributed by atoms with E-state index < -0.39 is 22.2 Å². The molecule has 0 bridgehead atoms. The highest BCUT2D eigenvalue weighted by atomic mass is 16.9. The number of nitrogens with two attached hydrogens (primary N) is 1. The minimum Gasteiger partial charge on any atom is -0.480 e. The Morgan fingerprint density at radius 3 is 2.11 bits per heavy atom. The molecule has 0 aromatic carbocycles. The van der Waals surface area contributed by atoms with Crippen LogP contribution in [0.5, 0.6) is 0 Å². The van der Waals surface area contributed by atoms with Crippen LogP contribution in [-0.2, 0) is 11.2 Å². The first kappa shape index (κ1) is 18.4. The predicted octanol–water partition coefficient (Wildman–Crippen LogP) is -1.33. The minimum absolute atomic E-state index is 0.287. The average Bonchev–Trinajstić information content (AvgIpc) is 2.68. The Balaban J connectivity index is 0. The first-order valence-electron chi connectivity index (χ1n) is 4.29. The number of H-pyrrole nitrogens is 1. The Hall–Kier alpha value is -2.96. The van der Waals surface area contributed by atoms with Gasteiger partial charge in [0.15, 0.2) is 0 Å². The van der Waals surface area contributed by atoms with Gasteiger partial charge in [0.05, 0.1) is 6.33 Å². The Morgan fingerprint density at radius 1 is 1.42 bits per heavy atom. The summed E-state index contributed by atoms with van der Waals surface area (Å²) in [4.78, 5) is 33.5. The number of hydrogen-bond acceptors (Lipinski definition) is 7. The number of aliphatic carboxylic acids is 1. The molecule has 0 radical (unpaired) electrons. The Kier molecular flexibility index (Phi) is 9.89.